The number of aromatic nitrogens is 3. The molecule has 3 aliphatic rings. The molecule has 2 fully saturated rings. The second kappa shape index (κ2) is 14.5. The number of likely N-dealkylation sites (tertiary alicyclic amines) is 1. The molecule has 10 heteroatoms. The Bertz CT molecular complexity index is 1790. The number of fused-ring (bicyclic) bond motifs is 1. The number of benzene rings is 2. The number of aliphatic hydroxyl groups excluding tert-OH is 1. The zero-order valence-electron chi connectivity index (χ0n) is 29.6. The molecular weight excluding hydrogens is 626 g/mol. The van der Waals surface area contributed by atoms with Gasteiger partial charge in [0.05, 0.1) is 37.1 Å². The number of nitrogens with two attached hydrogens (primary N) is 1. The molecule has 2 aromatic carbocycles. The monoisotopic (exact) mass is 677 g/mol. The molecule has 4 N–H and O–H groups in total. The van der Waals surface area contributed by atoms with E-state index in [0.717, 1.165) is 81.4 Å². The molecular formula is C40H51N7O3. The number of piperidine rings is 1. The summed E-state index contributed by atoms with van der Waals surface area (Å²) in [6.07, 6.45) is 11.4. The van der Waals surface area contributed by atoms with Gasteiger partial charge in [0.2, 0.25) is 0 Å². The normalized spacial score (nSPS) is 20.9. The largest absolute Gasteiger partial charge is 0.395 e. The molecule has 4 heterocycles. The van der Waals surface area contributed by atoms with Gasteiger partial charge in [-0.15, -0.1) is 0 Å². The summed E-state index contributed by atoms with van der Waals surface area (Å²) in [6, 6.07) is 18.0. The molecule has 1 amide bonds. The quantitative estimate of drug-likeness (QED) is 0.200. The molecule has 1 saturated carbocycles. The Hall–Kier alpha value is -4.25. The minimum Gasteiger partial charge on any atom is -0.395 e. The minimum atomic E-state index is -0.231. The molecule has 264 valence electrons. The smallest absolute Gasteiger partial charge is 0.255 e. The molecule has 0 spiro atoms. The number of nitrogens with zero attached hydrogens (tertiary/aromatic N) is 5. The Labute approximate surface area is 295 Å². The zero-order valence-corrected chi connectivity index (χ0v) is 29.6. The standard InChI is InChI=1S/C40H51N7O3/c1-40(2)15-18-47(32-13-16-46(17-14-32)19-20-48)36-12-11-29(22-34(36)40)28-9-7-27(8-10-28)26-50-37-6-4-5-35(37)44-39(49)33-21-30(23-42-38(33)41)31-24-43-45(3)25-31/h7-12,21-25,32,35,37,48H,4-6,13-20,26H2,1-3H3,(H2,41,42)(H,44,49)/t35-,37-/m0/s1. The minimum absolute atomic E-state index is 0.0675. The van der Waals surface area contributed by atoms with Gasteiger partial charge in [-0.3, -0.25) is 9.48 Å². The molecule has 4 aromatic rings. The highest BCUT2D eigenvalue weighted by Crippen LogP contribution is 2.43. The second-order valence-corrected chi connectivity index (χ2v) is 15.0. The Balaban J connectivity index is 0.980. The number of pyridine rings is 1. The summed E-state index contributed by atoms with van der Waals surface area (Å²) < 4.78 is 8.12. The first-order valence-corrected chi connectivity index (χ1v) is 18.2. The van der Waals surface area contributed by atoms with Crippen LogP contribution in [-0.2, 0) is 23.8 Å². The number of rotatable bonds is 10. The lowest BCUT2D eigenvalue weighted by atomic mass is 9.76. The summed E-state index contributed by atoms with van der Waals surface area (Å²) in [4.78, 5) is 22.7. The van der Waals surface area contributed by atoms with Gasteiger partial charge in [-0.1, -0.05) is 44.2 Å². The fourth-order valence-electron chi connectivity index (χ4n) is 8.06. The molecule has 0 bridgehead atoms. The topological polar surface area (TPSA) is 122 Å². The number of anilines is 2. The lowest BCUT2D eigenvalue weighted by Crippen LogP contribution is -2.49. The van der Waals surface area contributed by atoms with Gasteiger partial charge in [-0.2, -0.15) is 5.10 Å². The Morgan fingerprint density at radius 2 is 1.76 bits per heavy atom. The third kappa shape index (κ3) is 7.29. The van der Waals surface area contributed by atoms with Gasteiger partial charge >= 0.3 is 0 Å². The zero-order chi connectivity index (χ0) is 34.8. The first kappa shape index (κ1) is 34.2. The van der Waals surface area contributed by atoms with E-state index in [-0.39, 0.29) is 35.9 Å². The summed E-state index contributed by atoms with van der Waals surface area (Å²) >= 11 is 0. The maximum Gasteiger partial charge on any atom is 0.255 e. The third-order valence-electron chi connectivity index (χ3n) is 11.1. The Morgan fingerprint density at radius 3 is 2.50 bits per heavy atom. The highest BCUT2D eigenvalue weighted by molar-refractivity contribution is 5.99. The van der Waals surface area contributed by atoms with Crippen LogP contribution in [0.4, 0.5) is 11.5 Å². The van der Waals surface area contributed by atoms with Crippen molar-refractivity contribution in [2.45, 2.75) is 82.6 Å². The first-order valence-electron chi connectivity index (χ1n) is 18.2. The summed E-state index contributed by atoms with van der Waals surface area (Å²) in [5.74, 6) is -0.0218. The van der Waals surface area contributed by atoms with Crippen LogP contribution in [0.25, 0.3) is 22.3 Å². The van der Waals surface area contributed by atoms with Crippen molar-refractivity contribution >= 4 is 17.4 Å². The van der Waals surface area contributed by atoms with E-state index in [1.54, 1.807) is 23.1 Å². The lowest BCUT2D eigenvalue weighted by Gasteiger charge is -2.46. The van der Waals surface area contributed by atoms with Crippen LogP contribution in [0.15, 0.2) is 67.1 Å². The highest BCUT2D eigenvalue weighted by Gasteiger charge is 2.35. The molecule has 2 aromatic heterocycles. The number of carbonyl (C=O) groups is 1. The van der Waals surface area contributed by atoms with Gasteiger partial charge in [-0.05, 0) is 84.4 Å². The molecule has 0 radical (unpaired) electrons. The predicted molar refractivity (Wildman–Crippen MR) is 198 cm³/mol. The van der Waals surface area contributed by atoms with E-state index in [0.29, 0.717) is 18.2 Å². The molecule has 10 nitrogen and oxygen atoms in total. The van der Waals surface area contributed by atoms with Crippen molar-refractivity contribution in [1.82, 2.24) is 25.0 Å². The summed E-state index contributed by atoms with van der Waals surface area (Å²) in [7, 11) is 1.85. The van der Waals surface area contributed by atoms with Gasteiger partial charge in [0.15, 0.2) is 0 Å². The number of nitrogens with one attached hydrogen (secondary N) is 1. The van der Waals surface area contributed by atoms with Crippen molar-refractivity contribution in [3.63, 3.8) is 0 Å². The number of hydrogen-bond donors (Lipinski definition) is 3. The second-order valence-electron chi connectivity index (χ2n) is 15.0. The van der Waals surface area contributed by atoms with Crippen molar-refractivity contribution in [3.8, 4) is 22.3 Å². The van der Waals surface area contributed by atoms with Crippen molar-refractivity contribution < 1.29 is 14.6 Å². The van der Waals surface area contributed by atoms with E-state index in [1.165, 1.54) is 22.4 Å². The molecule has 1 aliphatic carbocycles. The SMILES string of the molecule is Cn1cc(-c2cnc(N)c(C(=O)N[C@H]3CCC[C@@H]3OCc3ccc(-c4ccc5c(c4)C(C)(C)CCN5C4CCN(CCO)CC4)cc3)c2)cn1. The predicted octanol–water partition coefficient (Wildman–Crippen LogP) is 5.54. The van der Waals surface area contributed by atoms with Crippen LogP contribution in [-0.4, -0.2) is 81.7 Å². The fraction of sp³-hybridized carbons (Fsp3) is 0.475. The number of nitrogen functional groups attached to an aromatic ring is 1. The van der Waals surface area contributed by atoms with E-state index >= 15 is 0 Å². The third-order valence-corrected chi connectivity index (χ3v) is 11.1. The maximum atomic E-state index is 13.3. The number of amides is 1. The number of aliphatic hydroxyl groups is 1. The van der Waals surface area contributed by atoms with Crippen LogP contribution in [0.5, 0.6) is 0 Å². The number of carbonyl (C=O) groups excluding carboxylic acids is 1. The number of β-amino-alcohol motifs (C(OH)–C–C–N with tert-alkyl or cyclic N) is 1. The summed E-state index contributed by atoms with van der Waals surface area (Å²) in [5, 5.41) is 16.8. The number of aryl methyl sites for hydroxylation is 1. The van der Waals surface area contributed by atoms with E-state index in [4.69, 9.17) is 10.5 Å². The van der Waals surface area contributed by atoms with E-state index < -0.39 is 0 Å². The van der Waals surface area contributed by atoms with Gasteiger partial charge in [-0.25, -0.2) is 4.98 Å². The van der Waals surface area contributed by atoms with Crippen LogP contribution in [0.2, 0.25) is 0 Å². The van der Waals surface area contributed by atoms with E-state index in [2.05, 4.69) is 81.5 Å². The van der Waals surface area contributed by atoms with Gasteiger partial charge in [0.1, 0.15) is 5.82 Å². The molecule has 7 rings (SSSR count). The Morgan fingerprint density at radius 1 is 0.980 bits per heavy atom. The van der Waals surface area contributed by atoms with E-state index in [1.807, 2.05) is 13.2 Å². The summed E-state index contributed by atoms with van der Waals surface area (Å²) in [6.45, 7) is 9.46. The van der Waals surface area contributed by atoms with Crippen LogP contribution >= 0.6 is 0 Å². The molecule has 50 heavy (non-hydrogen) atoms. The molecule has 0 unspecified atom stereocenters. The van der Waals surface area contributed by atoms with Crippen molar-refractivity contribution in [3.05, 3.63) is 83.8 Å². The molecule has 2 atom stereocenters. The van der Waals surface area contributed by atoms with Crippen molar-refractivity contribution in [1.29, 1.82) is 0 Å². The average Bonchev–Trinajstić information content (AvgIpc) is 3.76. The number of ether oxygens (including phenoxy) is 1. The average molecular weight is 678 g/mol. The first-order chi connectivity index (χ1) is 24.2. The Kier molecular flexibility index (Phi) is 9.95. The van der Waals surface area contributed by atoms with Gasteiger partial charge in [0, 0.05) is 68.5 Å². The fourth-order valence-corrected chi connectivity index (χ4v) is 8.06. The van der Waals surface area contributed by atoms with Crippen LogP contribution in [0.1, 0.15) is 73.9 Å². The van der Waals surface area contributed by atoms with Crippen LogP contribution < -0.4 is 16.0 Å². The lowest BCUT2D eigenvalue weighted by molar-refractivity contribution is 0.0272. The highest BCUT2D eigenvalue weighted by atomic mass is 16.5. The maximum absolute atomic E-state index is 13.3. The van der Waals surface area contributed by atoms with E-state index in [9.17, 15) is 9.90 Å². The van der Waals surface area contributed by atoms with Gasteiger partial charge in [0.25, 0.3) is 5.91 Å². The molecule has 2 aliphatic heterocycles. The molecule has 1 saturated heterocycles. The van der Waals surface area contributed by atoms with Gasteiger partial charge < -0.3 is 30.7 Å². The van der Waals surface area contributed by atoms with Crippen LogP contribution in [0.3, 0.4) is 0 Å². The summed E-state index contributed by atoms with van der Waals surface area (Å²) in [5.41, 5.74) is 14.7. The van der Waals surface area contributed by atoms with Crippen molar-refractivity contribution in [2.24, 2.45) is 7.05 Å². The van der Waals surface area contributed by atoms with Crippen molar-refractivity contribution in [2.75, 3.05) is 43.4 Å². The van der Waals surface area contributed by atoms with Crippen LogP contribution in [0, 0.1) is 0 Å². The number of hydrogen-bond acceptors (Lipinski definition) is 8.